The summed E-state index contributed by atoms with van der Waals surface area (Å²) >= 11 is 5.77. The van der Waals surface area contributed by atoms with Gasteiger partial charge in [-0.15, -0.1) is 0 Å². The highest BCUT2D eigenvalue weighted by molar-refractivity contribution is 6.30. The van der Waals surface area contributed by atoms with Crippen molar-refractivity contribution < 1.29 is 0 Å². The third-order valence-corrected chi connectivity index (χ3v) is 2.08. The number of halogens is 1. The van der Waals surface area contributed by atoms with Gasteiger partial charge in [0.15, 0.2) is 0 Å². The molecular weight excluding hydrogens is 186 g/mol. The number of hydrogen-bond donors (Lipinski definition) is 3. The fourth-order valence-electron chi connectivity index (χ4n) is 1.18. The Kier molecular flexibility index (Phi) is 4.28. The van der Waals surface area contributed by atoms with Gasteiger partial charge >= 0.3 is 0 Å². The van der Waals surface area contributed by atoms with Crippen LogP contribution in [0.5, 0.6) is 0 Å². The van der Waals surface area contributed by atoms with Crippen molar-refractivity contribution in [3.8, 4) is 0 Å². The fraction of sp³-hybridized carbons (Fsp3) is 0.556. The van der Waals surface area contributed by atoms with Gasteiger partial charge in [-0.25, -0.2) is 0 Å². The molecule has 0 saturated heterocycles. The van der Waals surface area contributed by atoms with E-state index in [0.717, 1.165) is 23.8 Å². The van der Waals surface area contributed by atoms with E-state index in [0.29, 0.717) is 6.04 Å². The van der Waals surface area contributed by atoms with Crippen LogP contribution in [0.4, 0.5) is 0 Å². The standard InChI is InChI=1S/C9H16ClN3/c1-7(4-11-2)12-6-9-3-8(10)5-13-9/h3,5,7,11-13H,4,6H2,1-2H3. The minimum absolute atomic E-state index is 0.465. The van der Waals surface area contributed by atoms with Crippen molar-refractivity contribution in [1.82, 2.24) is 15.6 Å². The molecule has 0 aliphatic carbocycles. The molecule has 1 unspecified atom stereocenters. The van der Waals surface area contributed by atoms with Crippen LogP contribution in [-0.2, 0) is 6.54 Å². The van der Waals surface area contributed by atoms with Crippen molar-refractivity contribution in [3.63, 3.8) is 0 Å². The van der Waals surface area contributed by atoms with Crippen LogP contribution in [0.15, 0.2) is 12.3 Å². The highest BCUT2D eigenvalue weighted by Gasteiger charge is 2.00. The number of hydrogen-bond acceptors (Lipinski definition) is 2. The van der Waals surface area contributed by atoms with Crippen molar-refractivity contribution in [2.24, 2.45) is 0 Å². The first-order chi connectivity index (χ1) is 6.22. The lowest BCUT2D eigenvalue weighted by atomic mass is 10.3. The van der Waals surface area contributed by atoms with Crippen LogP contribution in [0, 0.1) is 0 Å². The van der Waals surface area contributed by atoms with E-state index >= 15 is 0 Å². The molecule has 0 fully saturated rings. The Morgan fingerprint density at radius 2 is 2.38 bits per heavy atom. The van der Waals surface area contributed by atoms with E-state index in [1.807, 2.05) is 13.1 Å². The van der Waals surface area contributed by atoms with E-state index < -0.39 is 0 Å². The van der Waals surface area contributed by atoms with Gasteiger partial charge in [0.2, 0.25) is 0 Å². The molecule has 4 heteroatoms. The van der Waals surface area contributed by atoms with Gasteiger partial charge in [0, 0.05) is 31.0 Å². The molecule has 1 atom stereocenters. The highest BCUT2D eigenvalue weighted by atomic mass is 35.5. The number of likely N-dealkylation sites (N-methyl/N-ethyl adjacent to an activating group) is 1. The lowest BCUT2D eigenvalue weighted by Crippen LogP contribution is -2.34. The number of nitrogens with one attached hydrogen (secondary N) is 3. The summed E-state index contributed by atoms with van der Waals surface area (Å²) < 4.78 is 0. The minimum Gasteiger partial charge on any atom is -0.363 e. The lowest BCUT2D eigenvalue weighted by molar-refractivity contribution is 0.519. The molecule has 1 heterocycles. The van der Waals surface area contributed by atoms with Gasteiger partial charge in [-0.3, -0.25) is 0 Å². The summed E-state index contributed by atoms with van der Waals surface area (Å²) in [5.74, 6) is 0. The van der Waals surface area contributed by atoms with Crippen molar-refractivity contribution in [1.29, 1.82) is 0 Å². The molecule has 1 aromatic rings. The zero-order chi connectivity index (χ0) is 9.68. The van der Waals surface area contributed by atoms with Gasteiger partial charge in [0.05, 0.1) is 5.02 Å². The number of rotatable bonds is 5. The number of aromatic amines is 1. The van der Waals surface area contributed by atoms with Crippen LogP contribution in [0.1, 0.15) is 12.6 Å². The molecule has 0 radical (unpaired) electrons. The molecule has 1 aromatic heterocycles. The molecular formula is C9H16ClN3. The molecule has 0 amide bonds. The van der Waals surface area contributed by atoms with Crippen LogP contribution in [0.3, 0.4) is 0 Å². The van der Waals surface area contributed by atoms with Gasteiger partial charge in [-0.1, -0.05) is 11.6 Å². The second-order valence-corrected chi connectivity index (χ2v) is 3.62. The van der Waals surface area contributed by atoms with E-state index in [9.17, 15) is 0 Å². The highest BCUT2D eigenvalue weighted by Crippen LogP contribution is 2.08. The van der Waals surface area contributed by atoms with Gasteiger partial charge in [-0.2, -0.15) is 0 Å². The van der Waals surface area contributed by atoms with Crippen LogP contribution < -0.4 is 10.6 Å². The monoisotopic (exact) mass is 201 g/mol. The van der Waals surface area contributed by atoms with Crippen LogP contribution >= 0.6 is 11.6 Å². The van der Waals surface area contributed by atoms with Crippen molar-refractivity contribution in [2.45, 2.75) is 19.5 Å². The predicted molar refractivity (Wildman–Crippen MR) is 56.0 cm³/mol. The number of aromatic nitrogens is 1. The third kappa shape index (κ3) is 3.81. The Morgan fingerprint density at radius 1 is 1.62 bits per heavy atom. The molecule has 0 bridgehead atoms. The lowest BCUT2D eigenvalue weighted by Gasteiger charge is -2.11. The fourth-order valence-corrected chi connectivity index (χ4v) is 1.36. The van der Waals surface area contributed by atoms with E-state index in [2.05, 4.69) is 22.5 Å². The van der Waals surface area contributed by atoms with E-state index in [4.69, 9.17) is 11.6 Å². The summed E-state index contributed by atoms with van der Waals surface area (Å²) in [5, 5.41) is 7.23. The zero-order valence-electron chi connectivity index (χ0n) is 8.02. The Labute approximate surface area is 83.9 Å². The van der Waals surface area contributed by atoms with E-state index in [1.54, 1.807) is 6.20 Å². The smallest absolute Gasteiger partial charge is 0.0583 e. The average molecular weight is 202 g/mol. The molecule has 3 nitrogen and oxygen atoms in total. The van der Waals surface area contributed by atoms with Gasteiger partial charge in [0.25, 0.3) is 0 Å². The SMILES string of the molecule is CNCC(C)NCc1cc(Cl)c[nH]1. The second kappa shape index (κ2) is 5.27. The molecule has 0 aliphatic heterocycles. The maximum atomic E-state index is 5.77. The van der Waals surface area contributed by atoms with Crippen molar-refractivity contribution in [3.05, 3.63) is 23.0 Å². The van der Waals surface area contributed by atoms with Crippen molar-refractivity contribution >= 4 is 11.6 Å². The summed E-state index contributed by atoms with van der Waals surface area (Å²) in [6.45, 7) is 3.94. The molecule has 0 aliphatic rings. The molecule has 1 rings (SSSR count). The first-order valence-electron chi connectivity index (χ1n) is 4.43. The summed E-state index contributed by atoms with van der Waals surface area (Å²) in [4.78, 5) is 3.09. The maximum Gasteiger partial charge on any atom is 0.0583 e. The van der Waals surface area contributed by atoms with Gasteiger partial charge in [0.1, 0.15) is 0 Å². The van der Waals surface area contributed by atoms with Gasteiger partial charge in [-0.05, 0) is 20.0 Å². The Bertz CT molecular complexity index is 247. The van der Waals surface area contributed by atoms with Crippen LogP contribution in [0.2, 0.25) is 5.02 Å². The quantitative estimate of drug-likeness (QED) is 0.674. The second-order valence-electron chi connectivity index (χ2n) is 3.18. The largest absolute Gasteiger partial charge is 0.363 e. The molecule has 13 heavy (non-hydrogen) atoms. The Balaban J connectivity index is 2.26. The summed E-state index contributed by atoms with van der Waals surface area (Å²) in [7, 11) is 1.95. The topological polar surface area (TPSA) is 39.8 Å². The molecule has 0 aromatic carbocycles. The first kappa shape index (κ1) is 10.6. The Morgan fingerprint density at radius 3 is 2.92 bits per heavy atom. The predicted octanol–water partition coefficient (Wildman–Crippen LogP) is 1.37. The average Bonchev–Trinajstić information content (AvgIpc) is 2.49. The zero-order valence-corrected chi connectivity index (χ0v) is 8.78. The van der Waals surface area contributed by atoms with Crippen molar-refractivity contribution in [2.75, 3.05) is 13.6 Å². The molecule has 0 spiro atoms. The molecule has 74 valence electrons. The Hall–Kier alpha value is -0.510. The van der Waals surface area contributed by atoms with E-state index in [1.165, 1.54) is 0 Å². The minimum atomic E-state index is 0.465. The molecule has 3 N–H and O–H groups in total. The maximum absolute atomic E-state index is 5.77. The van der Waals surface area contributed by atoms with Crippen LogP contribution in [-0.4, -0.2) is 24.6 Å². The van der Waals surface area contributed by atoms with E-state index in [-0.39, 0.29) is 0 Å². The number of H-pyrrole nitrogens is 1. The molecule has 0 saturated carbocycles. The first-order valence-corrected chi connectivity index (χ1v) is 4.81. The van der Waals surface area contributed by atoms with Crippen LogP contribution in [0.25, 0.3) is 0 Å². The van der Waals surface area contributed by atoms with Gasteiger partial charge < -0.3 is 15.6 Å². The summed E-state index contributed by atoms with van der Waals surface area (Å²) in [6.07, 6.45) is 1.79. The summed E-state index contributed by atoms with van der Waals surface area (Å²) in [6, 6.07) is 2.40. The third-order valence-electron chi connectivity index (χ3n) is 1.86. The summed E-state index contributed by atoms with van der Waals surface area (Å²) in [5.41, 5.74) is 1.12. The normalized spacial score (nSPS) is 13.2.